The zero-order valence-corrected chi connectivity index (χ0v) is 19.9. The normalized spacial score (nSPS) is 20.2. The number of hydrogen-bond donors (Lipinski definition) is 2. The fraction of sp³-hybridized carbons (Fsp3) is 0.478. The van der Waals surface area contributed by atoms with E-state index in [-0.39, 0.29) is 24.3 Å². The Morgan fingerprint density at radius 3 is 2.10 bits per heavy atom. The van der Waals surface area contributed by atoms with Crippen molar-refractivity contribution in [3.05, 3.63) is 58.9 Å². The topological polar surface area (TPSA) is 83.2 Å². The molecule has 2 aromatic carbocycles. The molecule has 0 radical (unpaired) electrons. The minimum atomic E-state index is -3.20. The van der Waals surface area contributed by atoms with Crippen molar-refractivity contribution in [2.75, 3.05) is 26.0 Å². The number of ether oxygens (including phenoxy) is 1. The van der Waals surface area contributed by atoms with E-state index in [4.69, 9.17) is 9.88 Å². The van der Waals surface area contributed by atoms with Crippen LogP contribution in [0, 0.1) is 5.82 Å². The van der Waals surface area contributed by atoms with E-state index in [9.17, 15) is 8.60 Å². The molecule has 1 heterocycles. The molecular weight excluding hydrogens is 415 g/mol. The van der Waals surface area contributed by atoms with Crippen molar-refractivity contribution in [3.63, 3.8) is 0 Å². The van der Waals surface area contributed by atoms with Gasteiger partial charge >= 0.3 is 0 Å². The Labute approximate surface area is 185 Å². The van der Waals surface area contributed by atoms with Gasteiger partial charge in [0.05, 0.1) is 4.90 Å². The first kappa shape index (κ1) is 23.7. The lowest BCUT2D eigenvalue weighted by Gasteiger charge is -2.23. The highest BCUT2D eigenvalue weighted by molar-refractivity contribution is 7.91. The fourth-order valence-electron chi connectivity index (χ4n) is 3.54. The first-order valence-corrected chi connectivity index (χ1v) is 12.1. The Kier molecular flexibility index (Phi) is 6.76. The van der Waals surface area contributed by atoms with Gasteiger partial charge in [-0.2, -0.15) is 4.36 Å². The molecule has 2 atom stereocenters. The van der Waals surface area contributed by atoms with Crippen LogP contribution in [-0.2, 0) is 21.2 Å². The Morgan fingerprint density at radius 2 is 1.68 bits per heavy atom. The maximum atomic E-state index is 14.2. The predicted octanol–water partition coefficient (Wildman–Crippen LogP) is 4.63. The summed E-state index contributed by atoms with van der Waals surface area (Å²) in [6.07, 6.45) is 0. The van der Waals surface area contributed by atoms with E-state index in [1.807, 2.05) is 53.9 Å². The number of hydrogen-bond acceptors (Lipinski definition) is 5. The summed E-state index contributed by atoms with van der Waals surface area (Å²) in [7, 11) is 0.780. The van der Waals surface area contributed by atoms with Gasteiger partial charge in [-0.15, -0.1) is 0 Å². The maximum absolute atomic E-state index is 14.2. The van der Waals surface area contributed by atoms with E-state index in [0.717, 1.165) is 28.9 Å². The van der Waals surface area contributed by atoms with Crippen LogP contribution in [0.3, 0.4) is 0 Å². The summed E-state index contributed by atoms with van der Waals surface area (Å²) in [6.45, 7) is 9.03. The van der Waals surface area contributed by atoms with E-state index in [1.54, 1.807) is 12.1 Å². The molecule has 1 saturated heterocycles. The number of benzene rings is 2. The van der Waals surface area contributed by atoms with Crippen LogP contribution in [-0.4, -0.2) is 35.7 Å². The Hall–Kier alpha value is -2.00. The number of anilines is 1. The number of nitrogens with zero attached hydrogens (tertiary/aromatic N) is 2. The molecule has 0 spiro atoms. The van der Waals surface area contributed by atoms with E-state index in [1.165, 1.54) is 12.1 Å². The molecule has 0 aromatic heterocycles. The van der Waals surface area contributed by atoms with E-state index in [2.05, 4.69) is 14.6 Å². The lowest BCUT2D eigenvalue weighted by Crippen LogP contribution is -2.27. The lowest BCUT2D eigenvalue weighted by atomic mass is 9.92. The molecule has 1 aliphatic heterocycles. The van der Waals surface area contributed by atoms with Gasteiger partial charge in [-0.3, -0.25) is 0 Å². The smallest absolute Gasteiger partial charge is 0.271 e. The maximum Gasteiger partial charge on any atom is 0.271 e. The summed E-state index contributed by atoms with van der Waals surface area (Å²) in [4.78, 5) is 2.50. The minimum Gasteiger partial charge on any atom is -0.336 e. The van der Waals surface area contributed by atoms with Crippen LogP contribution in [0.2, 0.25) is 0 Å². The number of nitrogens with two attached hydrogens (primary N) is 1. The lowest BCUT2D eigenvalue weighted by molar-refractivity contribution is 0.342. The second-order valence-corrected chi connectivity index (χ2v) is 10.8. The second kappa shape index (κ2) is 8.86. The molecule has 2 unspecified atom stereocenters. The van der Waals surface area contributed by atoms with Crippen molar-refractivity contribution < 1.29 is 13.3 Å². The molecule has 3 N–H and O–H groups in total. The summed E-state index contributed by atoms with van der Waals surface area (Å²) in [6, 6.07) is 10.4. The van der Waals surface area contributed by atoms with Gasteiger partial charge < -0.3 is 15.0 Å². The van der Waals surface area contributed by atoms with Crippen LogP contribution >= 0.6 is 0 Å². The molecule has 8 heteroatoms. The van der Waals surface area contributed by atoms with Crippen LogP contribution in [0.15, 0.2) is 45.7 Å². The fourth-order valence-corrected chi connectivity index (χ4v) is 4.76. The van der Waals surface area contributed by atoms with Crippen molar-refractivity contribution in [2.45, 2.75) is 56.8 Å². The second-order valence-electron chi connectivity index (χ2n) is 9.01. The largest absolute Gasteiger partial charge is 0.336 e. The number of halogens is 1. The molecule has 0 amide bonds. The zero-order valence-electron chi connectivity index (χ0n) is 19.1. The van der Waals surface area contributed by atoms with Crippen molar-refractivity contribution in [1.82, 2.24) is 4.90 Å². The highest BCUT2D eigenvalue weighted by Crippen LogP contribution is 2.40. The van der Waals surface area contributed by atoms with Gasteiger partial charge in [-0.25, -0.2) is 13.7 Å². The summed E-state index contributed by atoms with van der Waals surface area (Å²) in [5, 5.41) is 9.46. The van der Waals surface area contributed by atoms with Crippen molar-refractivity contribution in [2.24, 2.45) is 9.50 Å². The number of nitrogens with one attached hydrogen (secondary N) is 1. The van der Waals surface area contributed by atoms with Crippen molar-refractivity contribution in [1.29, 1.82) is 0 Å². The SMILES string of the molecule is CC(C)c1cc(F)cc(C(C)C)c1NC1(N=S(N)(=O)c2ccc(CN(C)C)cc2)CO1. The van der Waals surface area contributed by atoms with Gasteiger partial charge in [0.15, 0.2) is 0 Å². The molecule has 1 aliphatic rings. The van der Waals surface area contributed by atoms with Crippen molar-refractivity contribution >= 4 is 15.6 Å². The van der Waals surface area contributed by atoms with Gasteiger partial charge in [0.2, 0.25) is 0 Å². The zero-order chi connectivity index (χ0) is 23.0. The van der Waals surface area contributed by atoms with E-state index in [0.29, 0.717) is 4.90 Å². The molecule has 0 saturated carbocycles. The van der Waals surface area contributed by atoms with Crippen LogP contribution in [0.5, 0.6) is 0 Å². The molecule has 1 fully saturated rings. The van der Waals surface area contributed by atoms with E-state index >= 15 is 0 Å². The third-order valence-electron chi connectivity index (χ3n) is 5.19. The van der Waals surface area contributed by atoms with Crippen LogP contribution in [0.4, 0.5) is 10.1 Å². The van der Waals surface area contributed by atoms with Gasteiger partial charge in [-0.05, 0) is 66.9 Å². The molecule has 3 rings (SSSR count). The first-order valence-electron chi connectivity index (χ1n) is 10.5. The minimum absolute atomic E-state index is 0.0815. The highest BCUT2D eigenvalue weighted by atomic mass is 32.2. The Balaban J connectivity index is 1.96. The molecule has 0 aliphatic carbocycles. The summed E-state index contributed by atoms with van der Waals surface area (Å²) in [5.74, 6) is -1.30. The molecule has 6 nitrogen and oxygen atoms in total. The predicted molar refractivity (Wildman–Crippen MR) is 124 cm³/mol. The van der Waals surface area contributed by atoms with Crippen molar-refractivity contribution in [3.8, 4) is 0 Å². The summed E-state index contributed by atoms with van der Waals surface area (Å²) >= 11 is 0. The Bertz CT molecular complexity index is 1020. The third-order valence-corrected chi connectivity index (χ3v) is 6.70. The molecule has 170 valence electrons. The average Bonchev–Trinajstić information content (AvgIpc) is 3.40. The highest BCUT2D eigenvalue weighted by Gasteiger charge is 2.48. The van der Waals surface area contributed by atoms with E-state index < -0.39 is 15.8 Å². The quantitative estimate of drug-likeness (QED) is 0.577. The van der Waals surface area contributed by atoms with Gasteiger partial charge in [0.1, 0.15) is 22.3 Å². The van der Waals surface area contributed by atoms with Crippen LogP contribution in [0.25, 0.3) is 0 Å². The van der Waals surface area contributed by atoms with Gasteiger partial charge in [-0.1, -0.05) is 39.8 Å². The first-order chi connectivity index (χ1) is 14.4. The average molecular weight is 449 g/mol. The van der Waals surface area contributed by atoms with Gasteiger partial charge in [0.25, 0.3) is 5.85 Å². The van der Waals surface area contributed by atoms with Crippen LogP contribution in [0.1, 0.15) is 56.2 Å². The van der Waals surface area contributed by atoms with Crippen LogP contribution < -0.4 is 10.5 Å². The number of epoxide rings is 1. The van der Waals surface area contributed by atoms with Gasteiger partial charge in [0, 0.05) is 12.2 Å². The summed E-state index contributed by atoms with van der Waals surface area (Å²) < 4.78 is 37.5. The Morgan fingerprint density at radius 1 is 1.16 bits per heavy atom. The standard InChI is InChI=1S/C23H33FN4O2S/c1-15(2)20-11-18(24)12-21(16(3)4)22(20)26-23(14-30-23)27-31(25,29)19-9-7-17(8-10-19)13-28(5)6/h7-12,15-16,26H,13-14H2,1-6H3,(H2,25,27,29). The number of rotatable bonds is 8. The molecule has 2 aromatic rings. The summed E-state index contributed by atoms with van der Waals surface area (Å²) in [5.41, 5.74) is 3.51. The molecule has 31 heavy (non-hydrogen) atoms. The molecular formula is C23H33FN4O2S. The monoisotopic (exact) mass is 448 g/mol. The molecule has 0 bridgehead atoms. The third kappa shape index (κ3) is 5.63.